The second-order valence-corrected chi connectivity index (χ2v) is 5.44. The molecular formula is C15H31NO. The highest BCUT2D eigenvalue weighted by molar-refractivity contribution is 4.73. The summed E-state index contributed by atoms with van der Waals surface area (Å²) in [6.45, 7) is 2.26. The van der Waals surface area contributed by atoms with Crippen molar-refractivity contribution in [2.45, 2.75) is 71.1 Å². The topological polar surface area (TPSA) is 23.1 Å². The third-order valence-corrected chi connectivity index (χ3v) is 2.94. The maximum absolute atomic E-state index is 11.2. The fourth-order valence-electron chi connectivity index (χ4n) is 1.90. The Balaban J connectivity index is 3.11. The minimum Gasteiger partial charge on any atom is -0.628 e. The SMILES string of the molecule is CCCCCCCCCCCC=C[N+](C)(C)[O-]. The molecule has 0 aromatic rings. The van der Waals surface area contributed by atoms with Crippen LogP contribution < -0.4 is 0 Å². The molecule has 0 atom stereocenters. The molecule has 0 radical (unpaired) electrons. The van der Waals surface area contributed by atoms with E-state index in [1.165, 1.54) is 57.8 Å². The van der Waals surface area contributed by atoms with Crippen LogP contribution in [0.3, 0.4) is 0 Å². The highest BCUT2D eigenvalue weighted by Crippen LogP contribution is 2.10. The van der Waals surface area contributed by atoms with Crippen LogP contribution in [-0.4, -0.2) is 18.7 Å². The van der Waals surface area contributed by atoms with E-state index in [0.29, 0.717) is 0 Å². The average molecular weight is 241 g/mol. The number of unbranched alkanes of at least 4 members (excludes halogenated alkanes) is 9. The summed E-state index contributed by atoms with van der Waals surface area (Å²) in [5, 5.41) is 11.2. The van der Waals surface area contributed by atoms with E-state index in [-0.39, 0.29) is 4.65 Å². The van der Waals surface area contributed by atoms with Gasteiger partial charge in [0.1, 0.15) is 0 Å². The summed E-state index contributed by atoms with van der Waals surface area (Å²) in [6, 6.07) is 0. The van der Waals surface area contributed by atoms with Gasteiger partial charge >= 0.3 is 0 Å². The Morgan fingerprint density at radius 1 is 0.824 bits per heavy atom. The van der Waals surface area contributed by atoms with Crippen LogP contribution in [0.1, 0.15) is 71.1 Å². The van der Waals surface area contributed by atoms with Crippen molar-refractivity contribution < 1.29 is 4.65 Å². The summed E-state index contributed by atoms with van der Waals surface area (Å²) in [5.41, 5.74) is 0. The second-order valence-electron chi connectivity index (χ2n) is 5.44. The Kier molecular flexibility index (Phi) is 10.6. The molecule has 0 spiro atoms. The molecule has 0 aliphatic rings. The van der Waals surface area contributed by atoms with E-state index >= 15 is 0 Å². The molecule has 0 aliphatic carbocycles. The Bertz CT molecular complexity index is 182. The van der Waals surface area contributed by atoms with Crippen molar-refractivity contribution in [2.75, 3.05) is 14.1 Å². The fourth-order valence-corrected chi connectivity index (χ4v) is 1.90. The molecule has 0 saturated carbocycles. The molecule has 2 nitrogen and oxygen atoms in total. The summed E-state index contributed by atoms with van der Waals surface area (Å²) in [6.07, 6.45) is 17.0. The predicted molar refractivity (Wildman–Crippen MR) is 76.5 cm³/mol. The third kappa shape index (κ3) is 15.7. The molecule has 17 heavy (non-hydrogen) atoms. The molecule has 0 saturated heterocycles. The van der Waals surface area contributed by atoms with Gasteiger partial charge < -0.3 is 9.85 Å². The van der Waals surface area contributed by atoms with Crippen LogP contribution in [0.4, 0.5) is 0 Å². The Labute approximate surface area is 108 Å². The zero-order chi connectivity index (χ0) is 13.0. The van der Waals surface area contributed by atoms with E-state index in [0.717, 1.165) is 6.42 Å². The fraction of sp³-hybridized carbons (Fsp3) is 0.867. The Hall–Kier alpha value is -0.340. The van der Waals surface area contributed by atoms with Gasteiger partial charge in [0, 0.05) is 0 Å². The number of hydrogen-bond donors (Lipinski definition) is 0. The van der Waals surface area contributed by atoms with Crippen molar-refractivity contribution in [3.63, 3.8) is 0 Å². The van der Waals surface area contributed by atoms with E-state index in [4.69, 9.17) is 0 Å². The number of allylic oxidation sites excluding steroid dienone is 1. The van der Waals surface area contributed by atoms with Crippen molar-refractivity contribution in [1.82, 2.24) is 0 Å². The van der Waals surface area contributed by atoms with Gasteiger partial charge in [0.15, 0.2) is 0 Å². The van der Waals surface area contributed by atoms with Crippen molar-refractivity contribution >= 4 is 0 Å². The number of quaternary nitrogens is 1. The molecule has 0 N–H and O–H groups in total. The van der Waals surface area contributed by atoms with Crippen molar-refractivity contribution in [2.24, 2.45) is 0 Å². The lowest BCUT2D eigenvalue weighted by atomic mass is 10.1. The molecule has 102 valence electrons. The number of nitrogens with zero attached hydrogens (tertiary/aromatic N) is 1. The molecule has 0 aliphatic heterocycles. The van der Waals surface area contributed by atoms with Crippen molar-refractivity contribution in [3.8, 4) is 0 Å². The van der Waals surface area contributed by atoms with E-state index in [9.17, 15) is 5.21 Å². The minimum atomic E-state index is -0.308. The molecule has 0 aromatic carbocycles. The highest BCUT2D eigenvalue weighted by atomic mass is 16.5. The molecule has 0 bridgehead atoms. The average Bonchev–Trinajstić information content (AvgIpc) is 2.24. The largest absolute Gasteiger partial charge is 0.628 e. The number of hydrogen-bond acceptors (Lipinski definition) is 1. The lowest BCUT2D eigenvalue weighted by Crippen LogP contribution is -2.23. The van der Waals surface area contributed by atoms with Gasteiger partial charge in [-0.1, -0.05) is 58.3 Å². The monoisotopic (exact) mass is 241 g/mol. The van der Waals surface area contributed by atoms with Gasteiger partial charge in [-0.2, -0.15) is 0 Å². The third-order valence-electron chi connectivity index (χ3n) is 2.94. The summed E-state index contributed by atoms with van der Waals surface area (Å²) < 4.78 is -0.308. The molecule has 0 heterocycles. The lowest BCUT2D eigenvalue weighted by Gasteiger charge is -2.28. The summed E-state index contributed by atoms with van der Waals surface area (Å²) in [7, 11) is 3.29. The standard InChI is InChI=1S/C15H31NO/c1-4-5-6-7-8-9-10-11-12-13-14-15-16(2,3)17/h14-15H,4-13H2,1-3H3. The Morgan fingerprint density at radius 2 is 1.29 bits per heavy atom. The number of hydroxylamine groups is 3. The van der Waals surface area contributed by atoms with Gasteiger partial charge in [0.25, 0.3) is 0 Å². The molecule has 0 amide bonds. The van der Waals surface area contributed by atoms with Gasteiger partial charge in [-0.15, -0.1) is 0 Å². The Morgan fingerprint density at radius 3 is 1.76 bits per heavy atom. The maximum atomic E-state index is 11.2. The van der Waals surface area contributed by atoms with Gasteiger partial charge in [-0.05, 0) is 18.9 Å². The van der Waals surface area contributed by atoms with Crippen molar-refractivity contribution in [1.29, 1.82) is 0 Å². The first-order chi connectivity index (χ1) is 8.06. The van der Waals surface area contributed by atoms with Gasteiger partial charge in [0.2, 0.25) is 0 Å². The smallest absolute Gasteiger partial charge is 0.0913 e. The van der Waals surface area contributed by atoms with Crippen LogP contribution >= 0.6 is 0 Å². The van der Waals surface area contributed by atoms with Gasteiger partial charge in [0.05, 0.1) is 20.3 Å². The molecule has 0 aromatic heterocycles. The molecular weight excluding hydrogens is 210 g/mol. The zero-order valence-electron chi connectivity index (χ0n) is 12.1. The van der Waals surface area contributed by atoms with Crippen LogP contribution in [-0.2, 0) is 0 Å². The van der Waals surface area contributed by atoms with Crippen LogP contribution in [0.2, 0.25) is 0 Å². The first-order valence-corrected chi connectivity index (χ1v) is 7.28. The van der Waals surface area contributed by atoms with Crippen molar-refractivity contribution in [3.05, 3.63) is 17.5 Å². The van der Waals surface area contributed by atoms with Crippen LogP contribution in [0, 0.1) is 5.21 Å². The highest BCUT2D eigenvalue weighted by Gasteiger charge is 1.93. The molecule has 0 fully saturated rings. The number of rotatable bonds is 11. The van der Waals surface area contributed by atoms with Crippen LogP contribution in [0.5, 0.6) is 0 Å². The zero-order valence-corrected chi connectivity index (χ0v) is 12.1. The summed E-state index contributed by atoms with van der Waals surface area (Å²) in [5.74, 6) is 0. The lowest BCUT2D eigenvalue weighted by molar-refractivity contribution is -0.785. The first-order valence-electron chi connectivity index (χ1n) is 7.28. The van der Waals surface area contributed by atoms with E-state index in [2.05, 4.69) is 6.92 Å². The van der Waals surface area contributed by atoms with Crippen LogP contribution in [0.25, 0.3) is 0 Å². The molecule has 0 rings (SSSR count). The van der Waals surface area contributed by atoms with Gasteiger partial charge in [-0.25, -0.2) is 0 Å². The summed E-state index contributed by atoms with van der Waals surface area (Å²) >= 11 is 0. The molecule has 0 unspecified atom stereocenters. The minimum absolute atomic E-state index is 0.308. The predicted octanol–water partition coefficient (Wildman–Crippen LogP) is 5.00. The second kappa shape index (κ2) is 10.8. The van der Waals surface area contributed by atoms with E-state index in [1.54, 1.807) is 20.3 Å². The van der Waals surface area contributed by atoms with Gasteiger partial charge in [-0.3, -0.25) is 0 Å². The van der Waals surface area contributed by atoms with Crippen LogP contribution in [0.15, 0.2) is 12.3 Å². The van der Waals surface area contributed by atoms with E-state index in [1.807, 2.05) is 6.08 Å². The van der Waals surface area contributed by atoms with E-state index < -0.39 is 0 Å². The maximum Gasteiger partial charge on any atom is 0.0913 e. The normalized spacial score (nSPS) is 12.5. The first kappa shape index (κ1) is 16.7. The quantitative estimate of drug-likeness (QED) is 0.284. The summed E-state index contributed by atoms with van der Waals surface area (Å²) in [4.78, 5) is 0. The molecule has 2 heteroatoms.